The molecule has 90 valence electrons. The number of ketones is 1. The summed E-state index contributed by atoms with van der Waals surface area (Å²) < 4.78 is 0. The van der Waals surface area contributed by atoms with Crippen LogP contribution in [-0.4, -0.2) is 47.8 Å². The summed E-state index contributed by atoms with van der Waals surface area (Å²) >= 11 is 0. The van der Waals surface area contributed by atoms with Crippen LogP contribution < -0.4 is 0 Å². The van der Waals surface area contributed by atoms with E-state index in [1.807, 2.05) is 4.90 Å². The summed E-state index contributed by atoms with van der Waals surface area (Å²) in [5.41, 5.74) is 0. The Morgan fingerprint density at radius 2 is 2.00 bits per heavy atom. The topological polar surface area (TPSA) is 40.6 Å². The van der Waals surface area contributed by atoms with Gasteiger partial charge < -0.3 is 9.80 Å². The fourth-order valence-corrected chi connectivity index (χ4v) is 2.56. The molecule has 1 unspecified atom stereocenters. The molecule has 2 saturated heterocycles. The fraction of sp³-hybridized carbons (Fsp3) is 0.833. The van der Waals surface area contributed by atoms with Crippen molar-refractivity contribution in [1.29, 1.82) is 0 Å². The first-order valence-corrected chi connectivity index (χ1v) is 6.22. The predicted molar refractivity (Wildman–Crippen MR) is 61.2 cm³/mol. The van der Waals surface area contributed by atoms with E-state index in [1.54, 1.807) is 4.90 Å². The van der Waals surface area contributed by atoms with Crippen molar-refractivity contribution in [3.05, 3.63) is 0 Å². The second-order valence-corrected chi connectivity index (χ2v) is 5.04. The fourth-order valence-electron chi connectivity index (χ4n) is 2.56. The highest BCUT2D eigenvalue weighted by Crippen LogP contribution is 2.18. The number of rotatable bonds is 0. The van der Waals surface area contributed by atoms with E-state index in [4.69, 9.17) is 0 Å². The van der Waals surface area contributed by atoms with Gasteiger partial charge in [0, 0.05) is 26.1 Å². The van der Waals surface area contributed by atoms with Crippen LogP contribution in [0.25, 0.3) is 0 Å². The molecule has 0 aliphatic carbocycles. The number of hydrogen-bond acceptors (Lipinski definition) is 2. The molecule has 2 amide bonds. The van der Waals surface area contributed by atoms with Gasteiger partial charge in [0.25, 0.3) is 0 Å². The Balaban J connectivity index is 1.92. The Morgan fingerprint density at radius 3 is 2.69 bits per heavy atom. The van der Waals surface area contributed by atoms with Crippen LogP contribution in [0.4, 0.5) is 4.79 Å². The van der Waals surface area contributed by atoms with Crippen LogP contribution in [0.1, 0.15) is 32.6 Å². The molecule has 4 nitrogen and oxygen atoms in total. The van der Waals surface area contributed by atoms with Crippen LogP contribution in [0, 0.1) is 5.92 Å². The first-order valence-electron chi connectivity index (χ1n) is 6.22. The van der Waals surface area contributed by atoms with Crippen molar-refractivity contribution >= 4 is 11.8 Å². The van der Waals surface area contributed by atoms with Crippen LogP contribution in [0.5, 0.6) is 0 Å². The maximum atomic E-state index is 12.1. The summed E-state index contributed by atoms with van der Waals surface area (Å²) in [6.45, 7) is 4.96. The van der Waals surface area contributed by atoms with Gasteiger partial charge in [0.05, 0.1) is 6.54 Å². The second kappa shape index (κ2) is 4.85. The molecule has 16 heavy (non-hydrogen) atoms. The molecule has 2 aliphatic rings. The molecule has 0 radical (unpaired) electrons. The van der Waals surface area contributed by atoms with Gasteiger partial charge >= 0.3 is 6.03 Å². The number of hydrogen-bond donors (Lipinski definition) is 0. The van der Waals surface area contributed by atoms with Crippen LogP contribution in [0.15, 0.2) is 0 Å². The van der Waals surface area contributed by atoms with Gasteiger partial charge in [0.15, 0.2) is 5.78 Å². The van der Waals surface area contributed by atoms with Crippen LogP contribution in [0.2, 0.25) is 0 Å². The highest BCUT2D eigenvalue weighted by Gasteiger charge is 2.28. The number of piperidine rings is 2. The summed E-state index contributed by atoms with van der Waals surface area (Å²) in [6, 6.07) is 0.0691. The molecule has 2 fully saturated rings. The van der Waals surface area contributed by atoms with Crippen molar-refractivity contribution in [2.45, 2.75) is 32.6 Å². The lowest BCUT2D eigenvalue weighted by Crippen LogP contribution is -2.50. The van der Waals surface area contributed by atoms with Crippen molar-refractivity contribution in [1.82, 2.24) is 9.80 Å². The predicted octanol–water partition coefficient (Wildman–Crippen LogP) is 1.50. The van der Waals surface area contributed by atoms with E-state index in [-0.39, 0.29) is 11.8 Å². The van der Waals surface area contributed by atoms with E-state index >= 15 is 0 Å². The van der Waals surface area contributed by atoms with Gasteiger partial charge in [-0.1, -0.05) is 6.92 Å². The smallest absolute Gasteiger partial charge is 0.320 e. The zero-order valence-electron chi connectivity index (χ0n) is 9.95. The van der Waals surface area contributed by atoms with Gasteiger partial charge in [-0.05, 0) is 25.2 Å². The molecule has 4 heteroatoms. The number of carbonyl (C=O) groups is 2. The minimum Gasteiger partial charge on any atom is -0.324 e. The Kier molecular flexibility index (Phi) is 3.46. The molecule has 2 aliphatic heterocycles. The molecule has 0 spiro atoms. The van der Waals surface area contributed by atoms with Gasteiger partial charge in [0.1, 0.15) is 0 Å². The molecule has 2 rings (SSSR count). The monoisotopic (exact) mass is 224 g/mol. The van der Waals surface area contributed by atoms with Crippen LogP contribution >= 0.6 is 0 Å². The molecule has 0 N–H and O–H groups in total. The summed E-state index contributed by atoms with van der Waals surface area (Å²) in [5.74, 6) is 0.794. The lowest BCUT2D eigenvalue weighted by atomic mass is 10.0. The average Bonchev–Trinajstić information content (AvgIpc) is 2.28. The molecule has 2 heterocycles. The zero-order chi connectivity index (χ0) is 11.5. The van der Waals surface area contributed by atoms with Crippen molar-refractivity contribution < 1.29 is 9.59 Å². The standard InChI is InChI=1S/C12H20N2O2/c1-10-4-2-6-13(8-10)12(16)14-7-3-5-11(15)9-14/h10H,2-9H2,1H3. The van der Waals surface area contributed by atoms with E-state index in [9.17, 15) is 9.59 Å². The molecule has 0 aromatic carbocycles. The van der Waals surface area contributed by atoms with Crippen LogP contribution in [-0.2, 0) is 4.79 Å². The Hall–Kier alpha value is -1.06. The van der Waals surface area contributed by atoms with E-state index in [1.165, 1.54) is 6.42 Å². The van der Waals surface area contributed by atoms with Crippen molar-refractivity contribution in [2.24, 2.45) is 5.92 Å². The maximum absolute atomic E-state index is 12.1. The van der Waals surface area contributed by atoms with Gasteiger partial charge in [-0.2, -0.15) is 0 Å². The maximum Gasteiger partial charge on any atom is 0.320 e. The first-order chi connectivity index (χ1) is 7.66. The average molecular weight is 224 g/mol. The zero-order valence-corrected chi connectivity index (χ0v) is 9.95. The number of carbonyl (C=O) groups excluding carboxylic acids is 2. The number of nitrogens with zero attached hydrogens (tertiary/aromatic N) is 2. The molecule has 0 saturated carbocycles. The van der Waals surface area contributed by atoms with Gasteiger partial charge in [0.2, 0.25) is 0 Å². The van der Waals surface area contributed by atoms with E-state index in [2.05, 4.69) is 6.92 Å². The van der Waals surface area contributed by atoms with Crippen molar-refractivity contribution in [2.75, 3.05) is 26.2 Å². The summed E-state index contributed by atoms with van der Waals surface area (Å²) in [7, 11) is 0. The van der Waals surface area contributed by atoms with Crippen molar-refractivity contribution in [3.8, 4) is 0 Å². The van der Waals surface area contributed by atoms with E-state index < -0.39 is 0 Å². The third kappa shape index (κ3) is 2.54. The molecule has 0 aromatic rings. The van der Waals surface area contributed by atoms with Gasteiger partial charge in [-0.25, -0.2) is 4.79 Å². The van der Waals surface area contributed by atoms with Crippen molar-refractivity contribution in [3.63, 3.8) is 0 Å². The Labute approximate surface area is 96.6 Å². The van der Waals surface area contributed by atoms with Gasteiger partial charge in [-0.15, -0.1) is 0 Å². The normalized spacial score (nSPS) is 27.1. The molecule has 1 atom stereocenters. The second-order valence-electron chi connectivity index (χ2n) is 5.04. The quantitative estimate of drug-likeness (QED) is 0.625. The molecular formula is C12H20N2O2. The molecule has 0 bridgehead atoms. The number of amides is 2. The van der Waals surface area contributed by atoms with E-state index in [0.717, 1.165) is 32.5 Å². The largest absolute Gasteiger partial charge is 0.324 e. The first kappa shape index (κ1) is 11.4. The third-order valence-electron chi connectivity index (χ3n) is 3.45. The third-order valence-corrected chi connectivity index (χ3v) is 3.45. The summed E-state index contributed by atoms with van der Waals surface area (Å²) in [6.07, 6.45) is 3.77. The minimum atomic E-state index is 0.0691. The molecule has 0 aromatic heterocycles. The number of Topliss-reactive ketones (excluding diaryl/α,β-unsaturated/α-hetero) is 1. The highest BCUT2D eigenvalue weighted by atomic mass is 16.2. The molecular weight excluding hydrogens is 204 g/mol. The SMILES string of the molecule is CC1CCCN(C(=O)N2CCCC(=O)C2)C1. The highest BCUT2D eigenvalue weighted by molar-refractivity contribution is 5.86. The summed E-state index contributed by atoms with van der Waals surface area (Å²) in [5, 5.41) is 0. The number of likely N-dealkylation sites (tertiary alicyclic amines) is 2. The van der Waals surface area contributed by atoms with E-state index in [0.29, 0.717) is 18.9 Å². The Morgan fingerprint density at radius 1 is 1.25 bits per heavy atom. The van der Waals surface area contributed by atoms with Crippen LogP contribution in [0.3, 0.4) is 0 Å². The number of urea groups is 1. The lowest BCUT2D eigenvalue weighted by molar-refractivity contribution is -0.121. The minimum absolute atomic E-state index is 0.0691. The Bertz CT molecular complexity index is 291. The van der Waals surface area contributed by atoms with Gasteiger partial charge in [-0.3, -0.25) is 4.79 Å². The summed E-state index contributed by atoms with van der Waals surface area (Å²) in [4.78, 5) is 27.1. The lowest BCUT2D eigenvalue weighted by Gasteiger charge is -2.36.